The van der Waals surface area contributed by atoms with E-state index < -0.39 is 0 Å². The molecule has 176 valence electrons. The summed E-state index contributed by atoms with van der Waals surface area (Å²) in [6, 6.07) is 0. The molecule has 30 heavy (non-hydrogen) atoms. The van der Waals surface area contributed by atoms with Gasteiger partial charge >= 0.3 is 0 Å². The summed E-state index contributed by atoms with van der Waals surface area (Å²) >= 11 is 0. The van der Waals surface area contributed by atoms with Crippen LogP contribution in [0, 0.1) is 5.41 Å². The number of carbonyl (C=O) groups excluding carboxylic acids is 1. The fraction of sp³-hybridized carbons (Fsp3) is 0.962. The van der Waals surface area contributed by atoms with Crippen LogP contribution < -0.4 is 5.32 Å². The van der Waals surface area contributed by atoms with Crippen LogP contribution in [0.2, 0.25) is 0 Å². The molecule has 1 amide bonds. The van der Waals surface area contributed by atoms with Crippen molar-refractivity contribution in [1.82, 2.24) is 5.32 Å². The second kappa shape index (κ2) is 9.48. The van der Waals surface area contributed by atoms with Crippen LogP contribution >= 0.6 is 0 Å². The topological polar surface area (TPSA) is 47.6 Å². The van der Waals surface area contributed by atoms with Gasteiger partial charge in [-0.05, 0) is 97.3 Å². The highest BCUT2D eigenvalue weighted by molar-refractivity contribution is 5.76. The minimum absolute atomic E-state index is 0.0159. The highest BCUT2D eigenvalue weighted by Crippen LogP contribution is 2.59. The number of fused-ring (bicyclic) bond motifs is 2. The van der Waals surface area contributed by atoms with Gasteiger partial charge in [0, 0.05) is 12.0 Å². The van der Waals surface area contributed by atoms with Crippen molar-refractivity contribution in [1.29, 1.82) is 0 Å². The molecule has 4 heteroatoms. The lowest BCUT2D eigenvalue weighted by molar-refractivity contribution is -0.161. The zero-order valence-corrected chi connectivity index (χ0v) is 21.2. The molecule has 0 heterocycles. The largest absolute Gasteiger partial charge is 0.375 e. The van der Waals surface area contributed by atoms with E-state index in [1.807, 2.05) is 6.92 Å². The average molecular weight is 424 g/mol. The lowest BCUT2D eigenvalue weighted by atomic mass is 9.76. The number of carbonyl (C=O) groups is 1. The number of rotatable bonds is 13. The van der Waals surface area contributed by atoms with Gasteiger partial charge in [-0.15, -0.1) is 0 Å². The standard InChI is InChI=1S/C26H49NO3/c1-9-21(28)27-25-15-13-24(20-25,14-16-25)19-23(7,8)29-18-17-22(5,6)30-26(10-2,11-3)12-4/h9-20H2,1-8H3,(H,27,28). The molecule has 2 aliphatic rings. The molecule has 2 saturated carbocycles. The van der Waals surface area contributed by atoms with Gasteiger partial charge in [-0.3, -0.25) is 4.79 Å². The first-order valence-corrected chi connectivity index (χ1v) is 12.5. The predicted octanol–water partition coefficient (Wildman–Crippen LogP) is 6.55. The molecule has 0 aliphatic heterocycles. The van der Waals surface area contributed by atoms with E-state index in [0.717, 1.165) is 58.0 Å². The maximum Gasteiger partial charge on any atom is 0.220 e. The van der Waals surface area contributed by atoms with Gasteiger partial charge in [0.2, 0.25) is 5.91 Å². The van der Waals surface area contributed by atoms with Gasteiger partial charge in [-0.2, -0.15) is 0 Å². The third-order valence-corrected chi connectivity index (χ3v) is 8.13. The van der Waals surface area contributed by atoms with Gasteiger partial charge in [0.05, 0.1) is 23.4 Å². The van der Waals surface area contributed by atoms with Crippen LogP contribution in [-0.4, -0.2) is 34.9 Å². The smallest absolute Gasteiger partial charge is 0.220 e. The van der Waals surface area contributed by atoms with Gasteiger partial charge in [-0.25, -0.2) is 0 Å². The van der Waals surface area contributed by atoms with Gasteiger partial charge in [0.1, 0.15) is 0 Å². The Bertz CT molecular complexity index is 561. The lowest BCUT2D eigenvalue weighted by Crippen LogP contribution is -2.44. The van der Waals surface area contributed by atoms with Gasteiger partial charge in [-0.1, -0.05) is 27.7 Å². The third kappa shape index (κ3) is 6.22. The van der Waals surface area contributed by atoms with Crippen LogP contribution in [-0.2, 0) is 14.3 Å². The molecule has 2 bridgehead atoms. The Balaban J connectivity index is 1.87. The maximum absolute atomic E-state index is 12.0. The Labute approximate surface area is 186 Å². The molecule has 1 N–H and O–H groups in total. The first-order valence-electron chi connectivity index (χ1n) is 12.5. The minimum atomic E-state index is -0.184. The summed E-state index contributed by atoms with van der Waals surface area (Å²) in [7, 11) is 0. The molecule has 0 saturated heterocycles. The first kappa shape index (κ1) is 25.6. The van der Waals surface area contributed by atoms with E-state index in [1.165, 1.54) is 12.8 Å². The number of hydrogen-bond donors (Lipinski definition) is 1. The van der Waals surface area contributed by atoms with Crippen molar-refractivity contribution in [3.63, 3.8) is 0 Å². The zero-order chi connectivity index (χ0) is 22.7. The second-order valence-electron chi connectivity index (χ2n) is 11.5. The van der Waals surface area contributed by atoms with E-state index in [-0.39, 0.29) is 28.2 Å². The van der Waals surface area contributed by atoms with Gasteiger partial charge in [0.15, 0.2) is 0 Å². The summed E-state index contributed by atoms with van der Waals surface area (Å²) in [5, 5.41) is 3.35. The zero-order valence-electron chi connectivity index (χ0n) is 21.2. The minimum Gasteiger partial charge on any atom is -0.375 e. The van der Waals surface area contributed by atoms with E-state index >= 15 is 0 Å². The summed E-state index contributed by atoms with van der Waals surface area (Å²) < 4.78 is 13.1. The SMILES string of the molecule is CCC(=O)NC12CCC(CC(C)(C)OCCC(C)(C)OC(CC)(CC)CC)(CC1)C2. The quantitative estimate of drug-likeness (QED) is 0.365. The monoisotopic (exact) mass is 423 g/mol. The van der Waals surface area contributed by atoms with E-state index in [2.05, 4.69) is 53.8 Å². The van der Waals surface area contributed by atoms with E-state index in [0.29, 0.717) is 11.8 Å². The summed E-state index contributed by atoms with van der Waals surface area (Å²) in [5.74, 6) is 0.202. The molecule has 0 spiro atoms. The Morgan fingerprint density at radius 3 is 1.97 bits per heavy atom. The van der Waals surface area contributed by atoms with Crippen LogP contribution in [0.4, 0.5) is 0 Å². The van der Waals surface area contributed by atoms with Crippen LogP contribution in [0.5, 0.6) is 0 Å². The summed E-state index contributed by atoms with van der Waals surface area (Å²) in [5.41, 5.74) is 0.0401. The normalized spacial score (nSPS) is 26.9. The molecule has 0 radical (unpaired) electrons. The van der Waals surface area contributed by atoms with Crippen molar-refractivity contribution in [2.24, 2.45) is 5.41 Å². The third-order valence-electron chi connectivity index (χ3n) is 8.13. The van der Waals surface area contributed by atoms with Gasteiger partial charge < -0.3 is 14.8 Å². The van der Waals surface area contributed by atoms with Crippen molar-refractivity contribution in [2.75, 3.05) is 6.61 Å². The number of nitrogens with one attached hydrogen (secondary N) is 1. The van der Waals surface area contributed by atoms with E-state index in [9.17, 15) is 4.79 Å². The Morgan fingerprint density at radius 2 is 1.47 bits per heavy atom. The van der Waals surface area contributed by atoms with Crippen LogP contribution in [0.1, 0.15) is 126 Å². The molecule has 0 aromatic rings. The highest BCUT2D eigenvalue weighted by Gasteiger charge is 2.56. The molecular weight excluding hydrogens is 374 g/mol. The number of ether oxygens (including phenoxy) is 2. The fourth-order valence-corrected chi connectivity index (χ4v) is 6.25. The van der Waals surface area contributed by atoms with Crippen molar-refractivity contribution < 1.29 is 14.3 Å². The first-order chi connectivity index (χ1) is 13.9. The summed E-state index contributed by atoms with van der Waals surface area (Å²) in [6.07, 6.45) is 11.5. The van der Waals surface area contributed by atoms with Gasteiger partial charge in [0.25, 0.3) is 0 Å². The maximum atomic E-state index is 12.0. The van der Waals surface area contributed by atoms with Crippen molar-refractivity contribution in [2.45, 2.75) is 148 Å². The Morgan fingerprint density at radius 1 is 0.900 bits per heavy atom. The molecule has 2 fully saturated rings. The van der Waals surface area contributed by atoms with Crippen LogP contribution in [0.15, 0.2) is 0 Å². The Kier molecular flexibility index (Phi) is 8.11. The molecule has 0 aromatic heterocycles. The molecule has 4 nitrogen and oxygen atoms in total. The molecular formula is C26H49NO3. The average Bonchev–Trinajstić information content (AvgIpc) is 3.19. The van der Waals surface area contributed by atoms with Crippen LogP contribution in [0.3, 0.4) is 0 Å². The molecule has 0 unspecified atom stereocenters. The van der Waals surface area contributed by atoms with Crippen molar-refractivity contribution in [3.8, 4) is 0 Å². The van der Waals surface area contributed by atoms with Crippen molar-refractivity contribution in [3.05, 3.63) is 0 Å². The summed E-state index contributed by atoms with van der Waals surface area (Å²) in [6.45, 7) is 18.3. The molecule has 0 atom stereocenters. The second-order valence-corrected chi connectivity index (χ2v) is 11.5. The Hall–Kier alpha value is -0.610. The highest BCUT2D eigenvalue weighted by atomic mass is 16.5. The van der Waals surface area contributed by atoms with E-state index in [1.54, 1.807) is 0 Å². The number of hydrogen-bond acceptors (Lipinski definition) is 3. The van der Waals surface area contributed by atoms with Crippen molar-refractivity contribution >= 4 is 5.91 Å². The lowest BCUT2D eigenvalue weighted by Gasteiger charge is -2.41. The summed E-state index contributed by atoms with van der Waals surface area (Å²) in [4.78, 5) is 12.0. The van der Waals surface area contributed by atoms with E-state index in [4.69, 9.17) is 9.47 Å². The molecule has 0 aromatic carbocycles. The fourth-order valence-electron chi connectivity index (χ4n) is 6.25. The molecule has 2 aliphatic carbocycles. The number of amides is 1. The molecule has 2 rings (SSSR count). The predicted molar refractivity (Wildman–Crippen MR) is 125 cm³/mol. The van der Waals surface area contributed by atoms with Crippen LogP contribution in [0.25, 0.3) is 0 Å².